The first-order valence-electron chi connectivity index (χ1n) is 8.91. The summed E-state index contributed by atoms with van der Waals surface area (Å²) in [5.41, 5.74) is 3.62. The van der Waals surface area contributed by atoms with Crippen LogP contribution in [0, 0.1) is 6.92 Å². The van der Waals surface area contributed by atoms with Gasteiger partial charge in [0.2, 0.25) is 0 Å². The van der Waals surface area contributed by atoms with Gasteiger partial charge in [0.1, 0.15) is 0 Å². The van der Waals surface area contributed by atoms with E-state index < -0.39 is 12.0 Å². The molecule has 0 bridgehead atoms. The van der Waals surface area contributed by atoms with E-state index in [2.05, 4.69) is 5.32 Å². The lowest BCUT2D eigenvalue weighted by atomic mass is 10.0. The standard InChI is InChI=1S/C23H23NO4/c1-15-8-7-11-17(14-15)21(25)23(26)24-20-18(16-9-5-4-6-10-16)12-13-19(27-2)22(20)28-3/h4-14,21,25H,1-3H3,(H,24,26). The molecule has 0 heterocycles. The summed E-state index contributed by atoms with van der Waals surface area (Å²) in [6, 6.07) is 20.5. The maximum absolute atomic E-state index is 12.8. The predicted molar refractivity (Wildman–Crippen MR) is 110 cm³/mol. The summed E-state index contributed by atoms with van der Waals surface area (Å²) in [5, 5.41) is 13.4. The highest BCUT2D eigenvalue weighted by Crippen LogP contribution is 2.42. The number of rotatable bonds is 6. The summed E-state index contributed by atoms with van der Waals surface area (Å²) in [4.78, 5) is 12.8. The molecule has 28 heavy (non-hydrogen) atoms. The third kappa shape index (κ3) is 4.00. The van der Waals surface area contributed by atoms with Crippen LogP contribution in [-0.4, -0.2) is 25.2 Å². The fourth-order valence-corrected chi connectivity index (χ4v) is 3.09. The Morgan fingerprint density at radius 1 is 0.964 bits per heavy atom. The Bertz CT molecular complexity index is 970. The van der Waals surface area contributed by atoms with E-state index in [0.29, 0.717) is 22.7 Å². The minimum atomic E-state index is -1.31. The van der Waals surface area contributed by atoms with Gasteiger partial charge in [0.15, 0.2) is 17.6 Å². The van der Waals surface area contributed by atoms with Gasteiger partial charge >= 0.3 is 0 Å². The molecule has 1 unspecified atom stereocenters. The summed E-state index contributed by atoms with van der Waals surface area (Å²) >= 11 is 0. The molecular formula is C23H23NO4. The first kappa shape index (κ1) is 19.5. The van der Waals surface area contributed by atoms with Crippen LogP contribution in [0.25, 0.3) is 11.1 Å². The van der Waals surface area contributed by atoms with Crippen LogP contribution in [-0.2, 0) is 4.79 Å². The Hall–Kier alpha value is -3.31. The number of nitrogens with one attached hydrogen (secondary N) is 1. The average Bonchev–Trinajstić information content (AvgIpc) is 2.73. The quantitative estimate of drug-likeness (QED) is 0.670. The van der Waals surface area contributed by atoms with E-state index in [1.807, 2.05) is 55.5 Å². The van der Waals surface area contributed by atoms with Gasteiger partial charge in [-0.05, 0) is 30.2 Å². The van der Waals surface area contributed by atoms with Crippen molar-refractivity contribution in [3.63, 3.8) is 0 Å². The smallest absolute Gasteiger partial charge is 0.257 e. The number of aliphatic hydroxyl groups excluding tert-OH is 1. The SMILES string of the molecule is COc1ccc(-c2ccccc2)c(NC(=O)C(O)c2cccc(C)c2)c1OC. The third-order valence-corrected chi connectivity index (χ3v) is 4.48. The topological polar surface area (TPSA) is 67.8 Å². The van der Waals surface area contributed by atoms with E-state index in [1.54, 1.807) is 18.2 Å². The van der Waals surface area contributed by atoms with Gasteiger partial charge in [0.05, 0.1) is 19.9 Å². The Labute approximate surface area is 164 Å². The van der Waals surface area contributed by atoms with E-state index in [0.717, 1.165) is 16.7 Å². The lowest BCUT2D eigenvalue weighted by Crippen LogP contribution is -2.21. The number of anilines is 1. The third-order valence-electron chi connectivity index (χ3n) is 4.48. The molecule has 5 nitrogen and oxygen atoms in total. The summed E-state index contributed by atoms with van der Waals surface area (Å²) in [6.07, 6.45) is -1.31. The molecule has 144 valence electrons. The minimum absolute atomic E-state index is 0.397. The fraction of sp³-hybridized carbons (Fsp3) is 0.174. The van der Waals surface area contributed by atoms with E-state index in [-0.39, 0.29) is 0 Å². The molecule has 5 heteroatoms. The molecule has 0 aliphatic carbocycles. The fourth-order valence-electron chi connectivity index (χ4n) is 3.09. The number of ether oxygens (including phenoxy) is 2. The van der Waals surface area contributed by atoms with Crippen LogP contribution in [0.3, 0.4) is 0 Å². The first-order valence-corrected chi connectivity index (χ1v) is 8.91. The van der Waals surface area contributed by atoms with E-state index in [1.165, 1.54) is 14.2 Å². The average molecular weight is 377 g/mol. The molecule has 0 radical (unpaired) electrons. The van der Waals surface area contributed by atoms with Crippen molar-refractivity contribution in [3.8, 4) is 22.6 Å². The van der Waals surface area contributed by atoms with Crippen molar-refractivity contribution in [1.82, 2.24) is 0 Å². The van der Waals surface area contributed by atoms with Crippen LogP contribution in [0.15, 0.2) is 66.7 Å². The molecular weight excluding hydrogens is 354 g/mol. The summed E-state index contributed by atoms with van der Waals surface area (Å²) < 4.78 is 10.9. The number of hydrogen-bond donors (Lipinski definition) is 2. The molecule has 1 atom stereocenters. The predicted octanol–water partition coefficient (Wildman–Crippen LogP) is 4.35. The monoisotopic (exact) mass is 377 g/mol. The zero-order valence-corrected chi connectivity index (χ0v) is 16.1. The number of benzene rings is 3. The molecule has 2 N–H and O–H groups in total. The molecule has 3 aromatic carbocycles. The van der Waals surface area contributed by atoms with Crippen LogP contribution in [0.5, 0.6) is 11.5 Å². The molecule has 0 saturated carbocycles. The molecule has 1 amide bonds. The highest BCUT2D eigenvalue weighted by Gasteiger charge is 2.23. The van der Waals surface area contributed by atoms with Crippen molar-refractivity contribution in [2.24, 2.45) is 0 Å². The molecule has 3 rings (SSSR count). The van der Waals surface area contributed by atoms with Gasteiger partial charge in [0, 0.05) is 5.56 Å². The van der Waals surface area contributed by atoms with Crippen LogP contribution in [0.4, 0.5) is 5.69 Å². The zero-order chi connectivity index (χ0) is 20.1. The maximum atomic E-state index is 12.8. The molecule has 0 aliphatic heterocycles. The van der Waals surface area contributed by atoms with Crippen LogP contribution >= 0.6 is 0 Å². The molecule has 0 saturated heterocycles. The van der Waals surface area contributed by atoms with Gasteiger partial charge in [-0.15, -0.1) is 0 Å². The summed E-state index contributed by atoms with van der Waals surface area (Å²) in [5.74, 6) is 0.338. The zero-order valence-electron chi connectivity index (χ0n) is 16.1. The second-order valence-electron chi connectivity index (χ2n) is 6.40. The molecule has 0 aromatic heterocycles. The van der Waals surface area contributed by atoms with Crippen molar-refractivity contribution in [3.05, 3.63) is 77.9 Å². The largest absolute Gasteiger partial charge is 0.493 e. The minimum Gasteiger partial charge on any atom is -0.493 e. The molecule has 0 fully saturated rings. The van der Waals surface area contributed by atoms with Gasteiger partial charge in [-0.25, -0.2) is 0 Å². The van der Waals surface area contributed by atoms with Crippen LogP contribution in [0.2, 0.25) is 0 Å². The number of aliphatic hydroxyl groups is 1. The number of methoxy groups -OCH3 is 2. The Balaban J connectivity index is 2.02. The number of amides is 1. The van der Waals surface area contributed by atoms with Gasteiger partial charge in [-0.3, -0.25) is 4.79 Å². The highest BCUT2D eigenvalue weighted by atomic mass is 16.5. The number of hydrogen-bond acceptors (Lipinski definition) is 4. The number of aryl methyl sites for hydroxylation is 1. The van der Waals surface area contributed by atoms with Crippen molar-refractivity contribution >= 4 is 11.6 Å². The molecule has 3 aromatic rings. The second kappa shape index (κ2) is 8.59. The lowest BCUT2D eigenvalue weighted by Gasteiger charge is -2.19. The van der Waals surface area contributed by atoms with Crippen molar-refractivity contribution in [2.75, 3.05) is 19.5 Å². The highest BCUT2D eigenvalue weighted by molar-refractivity contribution is 6.01. The van der Waals surface area contributed by atoms with Crippen LogP contribution in [0.1, 0.15) is 17.2 Å². The van der Waals surface area contributed by atoms with Gasteiger partial charge in [-0.1, -0.05) is 60.2 Å². The maximum Gasteiger partial charge on any atom is 0.257 e. The normalized spacial score (nSPS) is 11.6. The number of carbonyl (C=O) groups is 1. The summed E-state index contributed by atoms with van der Waals surface area (Å²) in [7, 11) is 3.05. The Morgan fingerprint density at radius 2 is 1.71 bits per heavy atom. The first-order chi connectivity index (χ1) is 13.5. The van der Waals surface area contributed by atoms with Crippen molar-refractivity contribution in [1.29, 1.82) is 0 Å². The van der Waals surface area contributed by atoms with E-state index in [4.69, 9.17) is 9.47 Å². The van der Waals surface area contributed by atoms with Gasteiger partial charge in [-0.2, -0.15) is 0 Å². The van der Waals surface area contributed by atoms with E-state index >= 15 is 0 Å². The Morgan fingerprint density at radius 3 is 2.36 bits per heavy atom. The molecule has 0 aliphatic rings. The number of carbonyl (C=O) groups excluding carboxylic acids is 1. The van der Waals surface area contributed by atoms with E-state index in [9.17, 15) is 9.90 Å². The summed E-state index contributed by atoms with van der Waals surface area (Å²) in [6.45, 7) is 1.91. The Kier molecular flexibility index (Phi) is 5.96. The van der Waals surface area contributed by atoms with Crippen molar-refractivity contribution in [2.45, 2.75) is 13.0 Å². The van der Waals surface area contributed by atoms with Crippen LogP contribution < -0.4 is 14.8 Å². The van der Waals surface area contributed by atoms with Crippen molar-refractivity contribution < 1.29 is 19.4 Å². The van der Waals surface area contributed by atoms with Gasteiger partial charge < -0.3 is 19.9 Å². The lowest BCUT2D eigenvalue weighted by molar-refractivity contribution is -0.124. The second-order valence-corrected chi connectivity index (χ2v) is 6.40. The molecule has 0 spiro atoms. The van der Waals surface area contributed by atoms with Gasteiger partial charge in [0.25, 0.3) is 5.91 Å².